The van der Waals surface area contributed by atoms with Crippen LogP contribution in [0.4, 0.5) is 5.69 Å². The van der Waals surface area contributed by atoms with E-state index >= 15 is 0 Å². The first-order valence-electron chi connectivity index (χ1n) is 8.58. The molecule has 0 aromatic carbocycles. The van der Waals surface area contributed by atoms with E-state index in [4.69, 9.17) is 14.7 Å². The summed E-state index contributed by atoms with van der Waals surface area (Å²) in [6.45, 7) is 4.08. The smallest absolute Gasteiger partial charge is 0.356 e. The van der Waals surface area contributed by atoms with Crippen LogP contribution in [-0.4, -0.2) is 61.2 Å². The Kier molecular flexibility index (Phi) is 5.84. The van der Waals surface area contributed by atoms with Crippen molar-refractivity contribution >= 4 is 11.7 Å². The highest BCUT2D eigenvalue weighted by Crippen LogP contribution is 2.23. The van der Waals surface area contributed by atoms with Crippen LogP contribution in [0.2, 0.25) is 0 Å². The Labute approximate surface area is 158 Å². The maximum atomic E-state index is 11.8. The first kappa shape index (κ1) is 18.6. The number of nitriles is 1. The van der Waals surface area contributed by atoms with Gasteiger partial charge in [0.2, 0.25) is 5.88 Å². The Bertz CT molecular complexity index is 857. The zero-order valence-electron chi connectivity index (χ0n) is 15.4. The van der Waals surface area contributed by atoms with Gasteiger partial charge in [-0.15, -0.1) is 0 Å². The van der Waals surface area contributed by atoms with Gasteiger partial charge in [0.25, 0.3) is 0 Å². The van der Waals surface area contributed by atoms with Crippen LogP contribution >= 0.6 is 0 Å². The second-order valence-corrected chi connectivity index (χ2v) is 6.20. The lowest BCUT2D eigenvalue weighted by Gasteiger charge is -2.36. The molecule has 140 valence electrons. The lowest BCUT2D eigenvalue weighted by molar-refractivity contribution is 0.0593. The van der Waals surface area contributed by atoms with Crippen molar-refractivity contribution in [2.45, 2.75) is 6.54 Å². The van der Waals surface area contributed by atoms with Crippen molar-refractivity contribution in [3.63, 3.8) is 0 Å². The van der Waals surface area contributed by atoms with E-state index in [9.17, 15) is 4.79 Å². The van der Waals surface area contributed by atoms with E-state index in [0.29, 0.717) is 11.4 Å². The molecular formula is C19H21N5O3. The molecule has 3 heterocycles. The zero-order chi connectivity index (χ0) is 19.2. The molecule has 1 aliphatic rings. The van der Waals surface area contributed by atoms with Crippen LogP contribution < -0.4 is 9.64 Å². The van der Waals surface area contributed by atoms with Gasteiger partial charge in [0, 0.05) is 56.9 Å². The molecule has 8 nitrogen and oxygen atoms in total. The predicted molar refractivity (Wildman–Crippen MR) is 98.6 cm³/mol. The molecule has 0 unspecified atom stereocenters. The zero-order valence-corrected chi connectivity index (χ0v) is 15.4. The molecule has 0 aliphatic carbocycles. The number of hydrogen-bond donors (Lipinski definition) is 0. The molecule has 1 saturated heterocycles. The lowest BCUT2D eigenvalue weighted by atomic mass is 10.2. The van der Waals surface area contributed by atoms with Crippen LogP contribution in [0.25, 0.3) is 0 Å². The molecular weight excluding hydrogens is 346 g/mol. The van der Waals surface area contributed by atoms with Crippen LogP contribution in [0.1, 0.15) is 21.6 Å². The largest absolute Gasteiger partial charge is 0.481 e. The summed E-state index contributed by atoms with van der Waals surface area (Å²) >= 11 is 0. The number of methoxy groups -OCH3 is 2. The van der Waals surface area contributed by atoms with Gasteiger partial charge in [0.15, 0.2) is 5.69 Å². The minimum Gasteiger partial charge on any atom is -0.481 e. The number of nitrogens with zero attached hydrogens (tertiary/aromatic N) is 5. The monoisotopic (exact) mass is 367 g/mol. The maximum absolute atomic E-state index is 11.8. The number of carbonyl (C=O) groups excluding carboxylic acids is 1. The predicted octanol–water partition coefficient (Wildman–Crippen LogP) is 1.47. The fourth-order valence-electron chi connectivity index (χ4n) is 3.05. The number of hydrogen-bond acceptors (Lipinski definition) is 8. The first-order valence-corrected chi connectivity index (χ1v) is 8.58. The Hall–Kier alpha value is -3.18. The molecule has 8 heteroatoms. The van der Waals surface area contributed by atoms with Gasteiger partial charge in [0.05, 0.1) is 19.8 Å². The van der Waals surface area contributed by atoms with Crippen LogP contribution in [0.5, 0.6) is 5.88 Å². The third-order valence-electron chi connectivity index (χ3n) is 4.46. The minimum absolute atomic E-state index is 0.230. The van der Waals surface area contributed by atoms with Crippen molar-refractivity contribution in [3.8, 4) is 11.9 Å². The SMILES string of the molecule is COC(=O)c1cc(N2CCN(Cc3cncc(C#N)c3)CC2)cc(OC)n1. The highest BCUT2D eigenvalue weighted by atomic mass is 16.5. The van der Waals surface area contributed by atoms with E-state index in [1.165, 1.54) is 14.2 Å². The summed E-state index contributed by atoms with van der Waals surface area (Å²) in [6.07, 6.45) is 3.36. The summed E-state index contributed by atoms with van der Waals surface area (Å²) in [5, 5.41) is 8.99. The number of aromatic nitrogens is 2. The molecule has 2 aromatic heterocycles. The lowest BCUT2D eigenvalue weighted by Crippen LogP contribution is -2.46. The van der Waals surface area contributed by atoms with Crippen molar-refractivity contribution in [1.29, 1.82) is 5.26 Å². The highest BCUT2D eigenvalue weighted by molar-refractivity contribution is 5.88. The fourth-order valence-corrected chi connectivity index (χ4v) is 3.05. The summed E-state index contributed by atoms with van der Waals surface area (Å²) in [4.78, 5) is 24.6. The average molecular weight is 367 g/mol. The van der Waals surface area contributed by atoms with Gasteiger partial charge >= 0.3 is 5.97 Å². The van der Waals surface area contributed by atoms with Crippen molar-refractivity contribution < 1.29 is 14.3 Å². The Morgan fingerprint density at radius 3 is 2.63 bits per heavy atom. The molecule has 27 heavy (non-hydrogen) atoms. The van der Waals surface area contributed by atoms with Crippen LogP contribution in [-0.2, 0) is 11.3 Å². The van der Waals surface area contributed by atoms with E-state index in [-0.39, 0.29) is 5.69 Å². The molecule has 0 atom stereocenters. The molecule has 2 aromatic rings. The van der Waals surface area contributed by atoms with Gasteiger partial charge in [-0.3, -0.25) is 9.88 Å². The quantitative estimate of drug-likeness (QED) is 0.734. The van der Waals surface area contributed by atoms with E-state index in [0.717, 1.165) is 44.0 Å². The van der Waals surface area contributed by atoms with E-state index in [1.807, 2.05) is 12.1 Å². The Morgan fingerprint density at radius 2 is 1.96 bits per heavy atom. The van der Waals surface area contributed by atoms with E-state index < -0.39 is 5.97 Å². The van der Waals surface area contributed by atoms with Crippen molar-refractivity contribution in [2.75, 3.05) is 45.3 Å². The number of carbonyl (C=O) groups is 1. The number of piperazine rings is 1. The van der Waals surface area contributed by atoms with Gasteiger partial charge in [-0.2, -0.15) is 5.26 Å². The van der Waals surface area contributed by atoms with Gasteiger partial charge < -0.3 is 14.4 Å². The van der Waals surface area contributed by atoms with Gasteiger partial charge in [-0.05, 0) is 17.7 Å². The van der Waals surface area contributed by atoms with E-state index in [1.54, 1.807) is 18.5 Å². The van der Waals surface area contributed by atoms with Gasteiger partial charge in [-0.1, -0.05) is 0 Å². The molecule has 1 aliphatic heterocycles. The third-order valence-corrected chi connectivity index (χ3v) is 4.46. The molecule has 0 N–H and O–H groups in total. The number of pyridine rings is 2. The number of anilines is 1. The summed E-state index contributed by atoms with van der Waals surface area (Å²) in [7, 11) is 2.85. The summed E-state index contributed by atoms with van der Waals surface area (Å²) in [6, 6.07) is 7.54. The van der Waals surface area contributed by atoms with Crippen molar-refractivity contribution in [3.05, 3.63) is 47.4 Å². The molecule has 1 fully saturated rings. The fraction of sp³-hybridized carbons (Fsp3) is 0.368. The highest BCUT2D eigenvalue weighted by Gasteiger charge is 2.20. The van der Waals surface area contributed by atoms with Crippen LogP contribution in [0.15, 0.2) is 30.6 Å². The van der Waals surface area contributed by atoms with Gasteiger partial charge in [0.1, 0.15) is 6.07 Å². The molecule has 0 radical (unpaired) electrons. The topological polar surface area (TPSA) is 91.6 Å². The van der Waals surface area contributed by atoms with E-state index in [2.05, 4.69) is 25.8 Å². The second kappa shape index (κ2) is 8.47. The Morgan fingerprint density at radius 1 is 1.19 bits per heavy atom. The molecule has 0 amide bonds. The molecule has 0 saturated carbocycles. The van der Waals surface area contributed by atoms with Crippen LogP contribution in [0.3, 0.4) is 0 Å². The van der Waals surface area contributed by atoms with Crippen molar-refractivity contribution in [2.24, 2.45) is 0 Å². The first-order chi connectivity index (χ1) is 13.1. The average Bonchev–Trinajstić information content (AvgIpc) is 2.73. The third kappa shape index (κ3) is 4.51. The number of ether oxygens (including phenoxy) is 2. The van der Waals surface area contributed by atoms with Crippen LogP contribution in [0, 0.1) is 11.3 Å². The summed E-state index contributed by atoms with van der Waals surface area (Å²) < 4.78 is 9.98. The molecule has 0 bridgehead atoms. The summed E-state index contributed by atoms with van der Waals surface area (Å²) in [5.41, 5.74) is 2.72. The normalized spacial score (nSPS) is 14.5. The molecule has 3 rings (SSSR count). The number of rotatable bonds is 5. The number of esters is 1. The minimum atomic E-state index is -0.487. The molecule has 0 spiro atoms. The standard InChI is InChI=1S/C19H21N5O3/c1-26-18-9-16(8-17(22-18)19(25)27-2)24-5-3-23(4-6-24)13-15-7-14(10-20)11-21-12-15/h7-9,11-12H,3-6,13H2,1-2H3. The van der Waals surface area contributed by atoms with Crippen molar-refractivity contribution in [1.82, 2.24) is 14.9 Å². The summed E-state index contributed by atoms with van der Waals surface area (Å²) in [5.74, 6) is -0.103. The Balaban J connectivity index is 1.66. The second-order valence-electron chi connectivity index (χ2n) is 6.20. The maximum Gasteiger partial charge on any atom is 0.356 e. The van der Waals surface area contributed by atoms with Gasteiger partial charge in [-0.25, -0.2) is 9.78 Å².